The molecule has 1 saturated carbocycles. The van der Waals surface area contributed by atoms with Gasteiger partial charge in [0.2, 0.25) is 0 Å². The van der Waals surface area contributed by atoms with E-state index in [1.807, 2.05) is 18.2 Å². The second-order valence-corrected chi connectivity index (χ2v) is 5.73. The molecule has 1 aromatic carbocycles. The van der Waals surface area contributed by atoms with Crippen molar-refractivity contribution in [1.82, 2.24) is 4.98 Å². The van der Waals surface area contributed by atoms with Gasteiger partial charge < -0.3 is 4.90 Å². The number of rotatable bonds is 3. The molecule has 108 valence electrons. The van der Waals surface area contributed by atoms with E-state index in [9.17, 15) is 5.26 Å². The van der Waals surface area contributed by atoms with E-state index in [0.717, 1.165) is 23.1 Å². The van der Waals surface area contributed by atoms with Crippen LogP contribution in [0.3, 0.4) is 0 Å². The molecule has 1 fully saturated rings. The zero-order valence-electron chi connectivity index (χ0n) is 12.5. The smallest absolute Gasteiger partial charge is 0.103 e. The van der Waals surface area contributed by atoms with Crippen LogP contribution in [0.4, 0.5) is 5.69 Å². The lowest BCUT2D eigenvalue weighted by Gasteiger charge is -2.36. The second-order valence-electron chi connectivity index (χ2n) is 5.73. The maximum absolute atomic E-state index is 9.50. The molecular formula is C18H21N3. The summed E-state index contributed by atoms with van der Waals surface area (Å²) in [5.41, 5.74) is 2.75. The van der Waals surface area contributed by atoms with Crippen molar-refractivity contribution in [3.63, 3.8) is 0 Å². The standard InChI is InChI=1S/C18H21N3/c1-2-21(15-8-4-3-5-9-15)18-14(12-19)13-20-17-11-7-6-10-16(17)18/h6-7,10-11,13,15H,2-5,8-9H2,1H3. The summed E-state index contributed by atoms with van der Waals surface area (Å²) >= 11 is 0. The van der Waals surface area contributed by atoms with Crippen molar-refractivity contribution in [2.24, 2.45) is 0 Å². The molecule has 0 unspecified atom stereocenters. The van der Waals surface area contributed by atoms with Gasteiger partial charge in [0.05, 0.1) is 16.8 Å². The highest BCUT2D eigenvalue weighted by molar-refractivity contribution is 5.94. The van der Waals surface area contributed by atoms with Gasteiger partial charge in [0.15, 0.2) is 0 Å². The molecule has 0 N–H and O–H groups in total. The van der Waals surface area contributed by atoms with E-state index in [-0.39, 0.29) is 0 Å². The van der Waals surface area contributed by atoms with Crippen LogP contribution < -0.4 is 4.90 Å². The number of nitriles is 1. The van der Waals surface area contributed by atoms with Crippen LogP contribution in [-0.2, 0) is 0 Å². The summed E-state index contributed by atoms with van der Waals surface area (Å²) in [6.07, 6.45) is 8.13. The van der Waals surface area contributed by atoms with E-state index in [1.165, 1.54) is 32.1 Å². The molecule has 0 atom stereocenters. The molecular weight excluding hydrogens is 258 g/mol. The summed E-state index contributed by atoms with van der Waals surface area (Å²) in [6.45, 7) is 3.12. The predicted octanol–water partition coefficient (Wildman–Crippen LogP) is 4.27. The third-order valence-electron chi connectivity index (χ3n) is 4.51. The SMILES string of the molecule is CCN(c1c(C#N)cnc2ccccc12)C1CCCCC1. The monoisotopic (exact) mass is 279 g/mol. The summed E-state index contributed by atoms with van der Waals surface area (Å²) in [6, 6.07) is 11.0. The Morgan fingerprint density at radius 1 is 1.24 bits per heavy atom. The molecule has 0 spiro atoms. The highest BCUT2D eigenvalue weighted by atomic mass is 15.2. The van der Waals surface area contributed by atoms with Gasteiger partial charge in [0, 0.05) is 24.2 Å². The molecule has 0 saturated heterocycles. The molecule has 1 aliphatic rings. The molecule has 3 nitrogen and oxygen atoms in total. The lowest BCUT2D eigenvalue weighted by Crippen LogP contribution is -2.37. The molecule has 0 amide bonds. The highest BCUT2D eigenvalue weighted by Crippen LogP contribution is 2.34. The largest absolute Gasteiger partial charge is 0.367 e. The topological polar surface area (TPSA) is 39.9 Å². The Balaban J connectivity index is 2.13. The van der Waals surface area contributed by atoms with Gasteiger partial charge in [-0.25, -0.2) is 0 Å². The Kier molecular flexibility index (Phi) is 4.06. The number of anilines is 1. The Hall–Kier alpha value is -2.08. The van der Waals surface area contributed by atoms with E-state index >= 15 is 0 Å². The van der Waals surface area contributed by atoms with Gasteiger partial charge in [-0.2, -0.15) is 5.26 Å². The zero-order chi connectivity index (χ0) is 14.7. The van der Waals surface area contributed by atoms with E-state index in [4.69, 9.17) is 0 Å². The van der Waals surface area contributed by atoms with Crippen molar-refractivity contribution in [2.75, 3.05) is 11.4 Å². The minimum absolute atomic E-state index is 0.557. The molecule has 0 bridgehead atoms. The van der Waals surface area contributed by atoms with Gasteiger partial charge in [-0.15, -0.1) is 0 Å². The van der Waals surface area contributed by atoms with E-state index in [0.29, 0.717) is 11.6 Å². The quantitative estimate of drug-likeness (QED) is 0.842. The van der Waals surface area contributed by atoms with Crippen LogP contribution in [0.2, 0.25) is 0 Å². The number of nitrogens with zero attached hydrogens (tertiary/aromatic N) is 3. The molecule has 2 aromatic rings. The summed E-state index contributed by atoms with van der Waals surface area (Å²) in [4.78, 5) is 6.86. The van der Waals surface area contributed by atoms with Crippen LogP contribution in [-0.4, -0.2) is 17.6 Å². The Morgan fingerprint density at radius 3 is 2.71 bits per heavy atom. The number of pyridine rings is 1. The highest BCUT2D eigenvalue weighted by Gasteiger charge is 2.24. The summed E-state index contributed by atoms with van der Waals surface area (Å²) in [5.74, 6) is 0. The van der Waals surface area contributed by atoms with Crippen LogP contribution in [0.1, 0.15) is 44.6 Å². The number of fused-ring (bicyclic) bond motifs is 1. The number of hydrogen-bond acceptors (Lipinski definition) is 3. The van der Waals surface area contributed by atoms with Gasteiger partial charge in [-0.3, -0.25) is 4.98 Å². The first-order valence-electron chi connectivity index (χ1n) is 7.89. The summed E-state index contributed by atoms with van der Waals surface area (Å²) in [7, 11) is 0. The molecule has 1 heterocycles. The molecule has 0 radical (unpaired) electrons. The molecule has 1 aromatic heterocycles. The van der Waals surface area contributed by atoms with Crippen LogP contribution in [0, 0.1) is 11.3 Å². The van der Waals surface area contributed by atoms with Crippen molar-refractivity contribution < 1.29 is 0 Å². The third kappa shape index (κ3) is 2.58. The lowest BCUT2D eigenvalue weighted by molar-refractivity contribution is 0.418. The average molecular weight is 279 g/mol. The first-order chi connectivity index (χ1) is 10.3. The zero-order valence-corrected chi connectivity index (χ0v) is 12.5. The Morgan fingerprint density at radius 2 is 2.00 bits per heavy atom. The van der Waals surface area contributed by atoms with Crippen LogP contribution in [0.25, 0.3) is 10.9 Å². The van der Waals surface area contributed by atoms with Crippen LogP contribution in [0.15, 0.2) is 30.5 Å². The van der Waals surface area contributed by atoms with Crippen molar-refractivity contribution in [3.05, 3.63) is 36.0 Å². The maximum atomic E-state index is 9.50. The van der Waals surface area contributed by atoms with Crippen LogP contribution >= 0.6 is 0 Å². The molecule has 3 heteroatoms. The fraction of sp³-hybridized carbons (Fsp3) is 0.444. The fourth-order valence-electron chi connectivity index (χ4n) is 3.51. The van der Waals surface area contributed by atoms with Gasteiger partial charge in [-0.1, -0.05) is 37.5 Å². The summed E-state index contributed by atoms with van der Waals surface area (Å²) < 4.78 is 0. The van der Waals surface area contributed by atoms with Crippen molar-refractivity contribution in [3.8, 4) is 6.07 Å². The first-order valence-corrected chi connectivity index (χ1v) is 7.89. The summed E-state index contributed by atoms with van der Waals surface area (Å²) in [5, 5.41) is 10.6. The normalized spacial score (nSPS) is 15.8. The van der Waals surface area contributed by atoms with Crippen molar-refractivity contribution in [2.45, 2.75) is 45.1 Å². The fourth-order valence-corrected chi connectivity index (χ4v) is 3.51. The van der Waals surface area contributed by atoms with E-state index in [2.05, 4.69) is 28.9 Å². The second kappa shape index (κ2) is 6.13. The van der Waals surface area contributed by atoms with E-state index < -0.39 is 0 Å². The van der Waals surface area contributed by atoms with Gasteiger partial charge in [0.25, 0.3) is 0 Å². The van der Waals surface area contributed by atoms with Crippen molar-refractivity contribution in [1.29, 1.82) is 5.26 Å². The number of aromatic nitrogens is 1. The molecule has 0 aliphatic heterocycles. The minimum Gasteiger partial charge on any atom is -0.367 e. The van der Waals surface area contributed by atoms with E-state index in [1.54, 1.807) is 6.20 Å². The number of benzene rings is 1. The van der Waals surface area contributed by atoms with Crippen LogP contribution in [0.5, 0.6) is 0 Å². The maximum Gasteiger partial charge on any atom is 0.103 e. The predicted molar refractivity (Wildman–Crippen MR) is 86.4 cm³/mol. The molecule has 3 rings (SSSR count). The van der Waals surface area contributed by atoms with Gasteiger partial charge in [-0.05, 0) is 25.8 Å². The third-order valence-corrected chi connectivity index (χ3v) is 4.51. The van der Waals surface area contributed by atoms with Gasteiger partial charge in [0.1, 0.15) is 6.07 Å². The van der Waals surface area contributed by atoms with Crippen molar-refractivity contribution >= 4 is 16.6 Å². The average Bonchev–Trinajstić information content (AvgIpc) is 2.56. The lowest BCUT2D eigenvalue weighted by atomic mass is 9.93. The Labute approximate surface area is 126 Å². The Bertz CT molecular complexity index is 666. The number of para-hydroxylation sites is 1. The molecule has 21 heavy (non-hydrogen) atoms. The minimum atomic E-state index is 0.557. The molecule has 1 aliphatic carbocycles. The first kappa shape index (κ1) is 13.9. The van der Waals surface area contributed by atoms with Gasteiger partial charge >= 0.3 is 0 Å². The number of hydrogen-bond donors (Lipinski definition) is 0.